The molecule has 2 aromatic carbocycles. The molecule has 0 radical (unpaired) electrons. The highest BCUT2D eigenvalue weighted by atomic mass is 35.5. The lowest BCUT2D eigenvalue weighted by Gasteiger charge is -2.33. The minimum atomic E-state index is -0.642. The van der Waals surface area contributed by atoms with Gasteiger partial charge in [-0.15, -0.1) is 0 Å². The topological polar surface area (TPSA) is 60.7 Å². The van der Waals surface area contributed by atoms with Gasteiger partial charge in [0, 0.05) is 41.9 Å². The zero-order chi connectivity index (χ0) is 22.9. The summed E-state index contributed by atoms with van der Waals surface area (Å²) in [6.45, 7) is 4.05. The molecule has 0 spiro atoms. The van der Waals surface area contributed by atoms with E-state index in [9.17, 15) is 14.3 Å². The fourth-order valence-electron chi connectivity index (χ4n) is 5.15. The smallest absolute Gasteiger partial charge is 0.151 e. The quantitative estimate of drug-likeness (QED) is 0.541. The average Bonchev–Trinajstić information content (AvgIpc) is 3.38. The van der Waals surface area contributed by atoms with Crippen LogP contribution in [0.2, 0.25) is 5.02 Å². The number of β-amino-alcohol motifs (C(OH)–C–C–N with tert-alkyl or cyclic N) is 1. The molecule has 8 heteroatoms. The molecule has 0 saturated carbocycles. The maximum Gasteiger partial charge on any atom is 0.151 e. The molecule has 33 heavy (non-hydrogen) atoms. The van der Waals surface area contributed by atoms with E-state index in [0.29, 0.717) is 17.5 Å². The van der Waals surface area contributed by atoms with Crippen molar-refractivity contribution in [3.8, 4) is 5.69 Å². The number of nitrogens with zero attached hydrogens (tertiary/aromatic N) is 3. The summed E-state index contributed by atoms with van der Waals surface area (Å²) < 4.78 is 15.6. The number of benzene rings is 2. The van der Waals surface area contributed by atoms with Crippen LogP contribution in [0.15, 0.2) is 48.7 Å². The van der Waals surface area contributed by atoms with Gasteiger partial charge >= 0.3 is 0 Å². The third kappa shape index (κ3) is 4.69. The summed E-state index contributed by atoms with van der Waals surface area (Å²) in [6.07, 6.45) is 4.06. The van der Waals surface area contributed by atoms with Crippen molar-refractivity contribution in [1.82, 2.24) is 19.7 Å². The van der Waals surface area contributed by atoms with Crippen molar-refractivity contribution in [3.05, 3.63) is 65.1 Å². The molecule has 3 heterocycles. The van der Waals surface area contributed by atoms with Gasteiger partial charge in [-0.3, -0.25) is 10.2 Å². The summed E-state index contributed by atoms with van der Waals surface area (Å²) in [5, 5.41) is 14.5. The Labute approximate surface area is 197 Å². The predicted octanol–water partition coefficient (Wildman–Crippen LogP) is 3.35. The minimum absolute atomic E-state index is 0.246. The normalized spacial score (nSPS) is 22.9. The summed E-state index contributed by atoms with van der Waals surface area (Å²) in [4.78, 5) is 15.6. The van der Waals surface area contributed by atoms with Crippen molar-refractivity contribution < 1.29 is 14.3 Å². The van der Waals surface area contributed by atoms with Gasteiger partial charge in [-0.25, -0.2) is 4.39 Å². The molecule has 2 saturated heterocycles. The van der Waals surface area contributed by atoms with Crippen molar-refractivity contribution in [2.24, 2.45) is 0 Å². The highest BCUT2D eigenvalue weighted by Crippen LogP contribution is 2.37. The van der Waals surface area contributed by atoms with E-state index in [2.05, 4.69) is 21.0 Å². The fraction of sp³-hybridized carbons (Fsp3) is 0.400. The van der Waals surface area contributed by atoms with Gasteiger partial charge in [0.25, 0.3) is 0 Å². The third-order valence-corrected chi connectivity index (χ3v) is 7.16. The van der Waals surface area contributed by atoms with E-state index in [1.807, 2.05) is 23.1 Å². The summed E-state index contributed by atoms with van der Waals surface area (Å²) in [6, 6.07) is 12.5. The van der Waals surface area contributed by atoms with Crippen molar-refractivity contribution in [1.29, 1.82) is 0 Å². The lowest BCUT2D eigenvalue weighted by atomic mass is 9.89. The number of fused-ring (bicyclic) bond motifs is 1. The molecule has 2 aliphatic heterocycles. The zero-order valence-electron chi connectivity index (χ0n) is 18.3. The molecule has 1 aromatic heterocycles. The molecule has 2 atom stereocenters. The van der Waals surface area contributed by atoms with Crippen molar-refractivity contribution in [3.63, 3.8) is 0 Å². The molecular formula is C25H28ClFN4O2. The monoisotopic (exact) mass is 470 g/mol. The molecule has 6 nitrogen and oxygen atoms in total. The maximum atomic E-state index is 13.5. The number of aliphatic hydroxyl groups excluding tert-OH is 1. The van der Waals surface area contributed by atoms with E-state index in [1.54, 1.807) is 12.1 Å². The number of aldehydes is 1. The first-order chi connectivity index (χ1) is 16.0. The molecule has 5 rings (SSSR count). The van der Waals surface area contributed by atoms with Gasteiger partial charge in [-0.2, -0.15) is 0 Å². The number of hydrogen-bond donors (Lipinski definition) is 2. The molecular weight excluding hydrogens is 443 g/mol. The standard InChI is InChI=1S/C25H28ClFN4O2/c26-18-1-6-23-21(13-18)22(14-31(23)20-4-2-19(27)3-5-20)17-7-9-29(10-8-17)11-12-30-15-25(33)28-24(30)16-32/h1-6,13-14,16-17,24-25,28,33H,7-12,15H2. The van der Waals surface area contributed by atoms with Crippen molar-refractivity contribution >= 4 is 28.8 Å². The molecule has 0 amide bonds. The van der Waals surface area contributed by atoms with E-state index in [4.69, 9.17) is 11.6 Å². The summed E-state index contributed by atoms with van der Waals surface area (Å²) in [7, 11) is 0. The van der Waals surface area contributed by atoms with Crippen LogP contribution < -0.4 is 5.32 Å². The molecule has 0 bridgehead atoms. The van der Waals surface area contributed by atoms with Gasteiger partial charge < -0.3 is 19.4 Å². The third-order valence-electron chi connectivity index (χ3n) is 6.93. The van der Waals surface area contributed by atoms with Crippen LogP contribution >= 0.6 is 11.6 Å². The van der Waals surface area contributed by atoms with Crippen LogP contribution in [0, 0.1) is 5.82 Å². The van der Waals surface area contributed by atoms with Crippen LogP contribution in [0.25, 0.3) is 16.6 Å². The number of likely N-dealkylation sites (tertiary alicyclic amines) is 1. The van der Waals surface area contributed by atoms with Crippen LogP contribution in [-0.4, -0.2) is 70.9 Å². The van der Waals surface area contributed by atoms with Gasteiger partial charge in [0.2, 0.25) is 0 Å². The Morgan fingerprint density at radius 3 is 2.61 bits per heavy atom. The predicted molar refractivity (Wildman–Crippen MR) is 127 cm³/mol. The highest BCUT2D eigenvalue weighted by molar-refractivity contribution is 6.31. The molecule has 2 unspecified atom stereocenters. The number of nitrogens with one attached hydrogen (secondary N) is 1. The lowest BCUT2D eigenvalue weighted by Crippen LogP contribution is -2.43. The van der Waals surface area contributed by atoms with Crippen LogP contribution in [0.3, 0.4) is 0 Å². The van der Waals surface area contributed by atoms with Crippen LogP contribution in [-0.2, 0) is 4.79 Å². The van der Waals surface area contributed by atoms with Gasteiger partial charge in [-0.1, -0.05) is 11.6 Å². The van der Waals surface area contributed by atoms with Crippen LogP contribution in [0.4, 0.5) is 4.39 Å². The Balaban J connectivity index is 1.30. The fourth-order valence-corrected chi connectivity index (χ4v) is 5.32. The van der Waals surface area contributed by atoms with Crippen LogP contribution in [0.1, 0.15) is 24.3 Å². The number of rotatable bonds is 6. The second-order valence-electron chi connectivity index (χ2n) is 8.97. The summed E-state index contributed by atoms with van der Waals surface area (Å²) >= 11 is 6.35. The number of carbonyl (C=O) groups excluding carboxylic acids is 1. The van der Waals surface area contributed by atoms with Gasteiger partial charge in [-0.05, 0) is 79.9 Å². The largest absolute Gasteiger partial charge is 0.377 e. The molecule has 2 fully saturated rings. The van der Waals surface area contributed by atoms with E-state index in [0.717, 1.165) is 61.9 Å². The van der Waals surface area contributed by atoms with E-state index in [1.165, 1.54) is 17.7 Å². The first-order valence-electron chi connectivity index (χ1n) is 11.4. The number of carbonyl (C=O) groups is 1. The first kappa shape index (κ1) is 22.5. The summed E-state index contributed by atoms with van der Waals surface area (Å²) in [5.74, 6) is 0.173. The van der Waals surface area contributed by atoms with Crippen molar-refractivity contribution in [2.45, 2.75) is 31.2 Å². The van der Waals surface area contributed by atoms with E-state index in [-0.39, 0.29) is 5.82 Å². The van der Waals surface area contributed by atoms with Gasteiger partial charge in [0.1, 0.15) is 18.2 Å². The highest BCUT2D eigenvalue weighted by Gasteiger charge is 2.30. The maximum absolute atomic E-state index is 13.5. The number of hydrogen-bond acceptors (Lipinski definition) is 5. The lowest BCUT2D eigenvalue weighted by molar-refractivity contribution is -0.112. The Kier molecular flexibility index (Phi) is 6.49. The number of piperidine rings is 1. The molecule has 2 N–H and O–H groups in total. The Hall–Kier alpha value is -2.29. The summed E-state index contributed by atoms with van der Waals surface area (Å²) in [5.41, 5.74) is 3.28. The number of aromatic nitrogens is 1. The van der Waals surface area contributed by atoms with E-state index < -0.39 is 12.4 Å². The second kappa shape index (κ2) is 9.52. The Morgan fingerprint density at radius 2 is 1.88 bits per heavy atom. The van der Waals surface area contributed by atoms with Crippen LogP contribution in [0.5, 0.6) is 0 Å². The molecule has 2 aliphatic rings. The first-order valence-corrected chi connectivity index (χ1v) is 11.8. The van der Waals surface area contributed by atoms with E-state index >= 15 is 0 Å². The molecule has 3 aromatic rings. The SMILES string of the molecule is O=CC1NC(O)CN1CCN1CCC(c2cn(-c3ccc(F)cc3)c3ccc(Cl)cc23)CC1. The van der Waals surface area contributed by atoms with Gasteiger partial charge in [0.05, 0.1) is 5.52 Å². The minimum Gasteiger partial charge on any atom is -0.377 e. The van der Waals surface area contributed by atoms with Gasteiger partial charge in [0.15, 0.2) is 6.29 Å². The number of aliphatic hydroxyl groups is 1. The number of halogens is 2. The average molecular weight is 471 g/mol. The Bertz CT molecular complexity index is 1130. The van der Waals surface area contributed by atoms with Crippen molar-refractivity contribution in [2.75, 3.05) is 32.7 Å². The molecule has 0 aliphatic carbocycles. The zero-order valence-corrected chi connectivity index (χ0v) is 19.1. The Morgan fingerprint density at radius 1 is 1.12 bits per heavy atom. The second-order valence-corrected chi connectivity index (χ2v) is 9.40. The molecule has 174 valence electrons.